The summed E-state index contributed by atoms with van der Waals surface area (Å²) >= 11 is 0. The summed E-state index contributed by atoms with van der Waals surface area (Å²) in [5, 5.41) is 6.09. The van der Waals surface area contributed by atoms with Crippen molar-refractivity contribution in [3.63, 3.8) is 0 Å². The van der Waals surface area contributed by atoms with Crippen LogP contribution in [-0.2, 0) is 0 Å². The highest BCUT2D eigenvalue weighted by Gasteiger charge is 2.14. The third-order valence-corrected chi connectivity index (χ3v) is 6.94. The topological polar surface area (TPSA) is 87.2 Å². The van der Waals surface area contributed by atoms with Gasteiger partial charge in [0.05, 0.1) is 22.9 Å². The number of carbonyl (C=O) groups is 2. The minimum absolute atomic E-state index is 0.169. The van der Waals surface area contributed by atoms with E-state index in [1.54, 1.807) is 48.7 Å². The minimum atomic E-state index is -0.482. The molecule has 1 fully saturated rings. The first-order valence-corrected chi connectivity index (χ1v) is 13.1. The maximum atomic E-state index is 13.4. The molecule has 0 bridgehead atoms. The van der Waals surface area contributed by atoms with E-state index in [4.69, 9.17) is 4.98 Å². The van der Waals surface area contributed by atoms with Gasteiger partial charge in [-0.3, -0.25) is 14.6 Å². The van der Waals surface area contributed by atoms with E-state index in [0.29, 0.717) is 27.8 Å². The summed E-state index contributed by atoms with van der Waals surface area (Å²) in [6.07, 6.45) is 1.75. The van der Waals surface area contributed by atoms with E-state index < -0.39 is 11.7 Å². The zero-order valence-corrected chi connectivity index (χ0v) is 21.6. The van der Waals surface area contributed by atoms with Crippen LogP contribution in [0, 0.1) is 5.82 Å². The van der Waals surface area contributed by atoms with Crippen molar-refractivity contribution in [2.75, 3.05) is 36.4 Å². The highest BCUT2D eigenvalue weighted by atomic mass is 19.1. The second-order valence-corrected chi connectivity index (χ2v) is 9.61. The fourth-order valence-electron chi connectivity index (χ4n) is 4.76. The Bertz CT molecular complexity index is 1700. The molecule has 0 aliphatic carbocycles. The molecular weight excluding hydrogens is 505 g/mol. The number of rotatable bonds is 6. The first-order valence-electron chi connectivity index (χ1n) is 13.1. The summed E-state index contributed by atoms with van der Waals surface area (Å²) in [5.74, 6) is -1.08. The summed E-state index contributed by atoms with van der Waals surface area (Å²) in [6.45, 7) is 3.93. The van der Waals surface area contributed by atoms with Crippen molar-refractivity contribution in [1.82, 2.24) is 15.3 Å². The second-order valence-electron chi connectivity index (χ2n) is 9.61. The van der Waals surface area contributed by atoms with Gasteiger partial charge in [-0.25, -0.2) is 9.37 Å². The molecule has 198 valence electrons. The lowest BCUT2D eigenvalue weighted by Gasteiger charge is -2.29. The Labute approximate surface area is 230 Å². The molecule has 40 heavy (non-hydrogen) atoms. The number of nitrogens with zero attached hydrogens (tertiary/aromatic N) is 3. The van der Waals surface area contributed by atoms with Crippen LogP contribution in [0.3, 0.4) is 0 Å². The number of aromatic nitrogens is 2. The van der Waals surface area contributed by atoms with Crippen molar-refractivity contribution in [3.05, 3.63) is 120 Å². The number of nitrogens with one attached hydrogen (secondary N) is 2. The quantitative estimate of drug-likeness (QED) is 0.288. The summed E-state index contributed by atoms with van der Waals surface area (Å²) < 4.78 is 13.4. The van der Waals surface area contributed by atoms with E-state index in [-0.39, 0.29) is 11.3 Å². The van der Waals surface area contributed by atoms with Gasteiger partial charge in [0.15, 0.2) is 5.78 Å². The highest BCUT2D eigenvalue weighted by Crippen LogP contribution is 2.24. The molecule has 0 saturated carbocycles. The Hall–Kier alpha value is -4.95. The van der Waals surface area contributed by atoms with E-state index in [0.717, 1.165) is 37.4 Å². The lowest BCUT2D eigenvalue weighted by atomic mass is 10.0. The van der Waals surface area contributed by atoms with Gasteiger partial charge in [-0.05, 0) is 72.8 Å². The van der Waals surface area contributed by atoms with Gasteiger partial charge in [0.1, 0.15) is 5.82 Å². The third kappa shape index (κ3) is 5.43. The molecule has 2 N–H and O–H groups in total. The maximum absolute atomic E-state index is 13.4. The van der Waals surface area contributed by atoms with Crippen LogP contribution in [-0.4, -0.2) is 47.8 Å². The number of hydrogen-bond donors (Lipinski definition) is 2. The fraction of sp³-hybridized carbons (Fsp3) is 0.125. The van der Waals surface area contributed by atoms with Gasteiger partial charge in [-0.2, -0.15) is 0 Å². The summed E-state index contributed by atoms with van der Waals surface area (Å²) in [6, 6.07) is 25.7. The molecule has 0 atom stereocenters. The number of benzene rings is 4. The number of fused-ring (bicyclic) bond motifs is 1. The average molecular weight is 532 g/mol. The van der Waals surface area contributed by atoms with Crippen molar-refractivity contribution in [3.8, 4) is 11.3 Å². The first kappa shape index (κ1) is 25.3. The van der Waals surface area contributed by atoms with E-state index in [2.05, 4.69) is 44.8 Å². The van der Waals surface area contributed by atoms with E-state index in [1.807, 2.05) is 0 Å². The van der Waals surface area contributed by atoms with Crippen molar-refractivity contribution >= 4 is 34.1 Å². The predicted molar refractivity (Wildman–Crippen MR) is 154 cm³/mol. The Morgan fingerprint density at radius 1 is 0.800 bits per heavy atom. The van der Waals surface area contributed by atoms with Gasteiger partial charge in [-0.15, -0.1) is 0 Å². The summed E-state index contributed by atoms with van der Waals surface area (Å²) in [7, 11) is 0. The minimum Gasteiger partial charge on any atom is -0.369 e. The average Bonchev–Trinajstić information content (AvgIpc) is 3.01. The van der Waals surface area contributed by atoms with Crippen LogP contribution in [0.5, 0.6) is 0 Å². The van der Waals surface area contributed by atoms with Crippen molar-refractivity contribution in [1.29, 1.82) is 0 Å². The smallest absolute Gasteiger partial charge is 0.255 e. The number of piperazine rings is 1. The van der Waals surface area contributed by atoms with Gasteiger partial charge < -0.3 is 15.5 Å². The maximum Gasteiger partial charge on any atom is 0.255 e. The molecule has 0 radical (unpaired) electrons. The van der Waals surface area contributed by atoms with E-state index in [1.165, 1.54) is 30.0 Å². The van der Waals surface area contributed by atoms with Crippen molar-refractivity contribution in [2.45, 2.75) is 0 Å². The molecule has 7 nitrogen and oxygen atoms in total. The molecule has 0 spiro atoms. The van der Waals surface area contributed by atoms with Crippen LogP contribution in [0.15, 0.2) is 97.2 Å². The van der Waals surface area contributed by atoms with Crippen LogP contribution >= 0.6 is 0 Å². The largest absolute Gasteiger partial charge is 0.369 e. The van der Waals surface area contributed by atoms with Crippen LogP contribution < -0.4 is 15.5 Å². The molecule has 0 unspecified atom stereocenters. The molecule has 5 aromatic rings. The van der Waals surface area contributed by atoms with Gasteiger partial charge in [0.2, 0.25) is 0 Å². The summed E-state index contributed by atoms with van der Waals surface area (Å²) in [5.41, 5.74) is 5.90. The molecule has 1 amide bonds. The Balaban J connectivity index is 1.18. The standard InChI is InChI=1S/C32H26FN5O2/c33-25-3-1-2-24(18-25)32(40)36-26-9-4-22(5-10-26)31(39)23-8-13-28-29(19-23)37-30(20-35-28)21-6-11-27(12-7-21)38-16-14-34-15-17-38/h1-13,18-20,34H,14-17H2,(H,36,40). The second kappa shape index (κ2) is 11.0. The van der Waals surface area contributed by atoms with Crippen molar-refractivity contribution < 1.29 is 14.0 Å². The highest BCUT2D eigenvalue weighted by molar-refractivity contribution is 6.11. The lowest BCUT2D eigenvalue weighted by molar-refractivity contribution is 0.102. The van der Waals surface area contributed by atoms with Crippen LogP contribution in [0.1, 0.15) is 26.3 Å². The van der Waals surface area contributed by atoms with Gasteiger partial charge in [0, 0.05) is 59.8 Å². The number of carbonyl (C=O) groups excluding carboxylic acids is 2. The normalized spacial score (nSPS) is 13.3. The van der Waals surface area contributed by atoms with E-state index in [9.17, 15) is 14.0 Å². The molecule has 4 aromatic carbocycles. The van der Waals surface area contributed by atoms with E-state index >= 15 is 0 Å². The third-order valence-electron chi connectivity index (χ3n) is 6.94. The zero-order chi connectivity index (χ0) is 27.5. The number of halogens is 1. The fourth-order valence-corrected chi connectivity index (χ4v) is 4.76. The van der Waals surface area contributed by atoms with Crippen LogP contribution in [0.2, 0.25) is 0 Å². The number of ketones is 1. The Morgan fingerprint density at radius 2 is 1.55 bits per heavy atom. The van der Waals surface area contributed by atoms with Gasteiger partial charge in [-0.1, -0.05) is 18.2 Å². The zero-order valence-electron chi connectivity index (χ0n) is 21.6. The molecular formula is C32H26FN5O2. The van der Waals surface area contributed by atoms with Crippen molar-refractivity contribution in [2.24, 2.45) is 0 Å². The molecule has 8 heteroatoms. The number of anilines is 2. The molecule has 1 aliphatic rings. The molecule has 1 aliphatic heterocycles. The molecule has 1 saturated heterocycles. The first-order chi connectivity index (χ1) is 19.5. The molecule has 1 aromatic heterocycles. The Morgan fingerprint density at radius 3 is 2.30 bits per heavy atom. The molecule has 6 rings (SSSR count). The van der Waals surface area contributed by atoms with Gasteiger partial charge >= 0.3 is 0 Å². The predicted octanol–water partition coefficient (Wildman–Crippen LogP) is 5.33. The molecule has 2 heterocycles. The lowest BCUT2D eigenvalue weighted by Crippen LogP contribution is -2.43. The number of hydrogen-bond acceptors (Lipinski definition) is 6. The van der Waals surface area contributed by atoms with Gasteiger partial charge in [0.25, 0.3) is 5.91 Å². The number of amides is 1. The van der Waals surface area contributed by atoms with Crippen LogP contribution in [0.4, 0.5) is 15.8 Å². The van der Waals surface area contributed by atoms with Crippen LogP contribution in [0.25, 0.3) is 22.3 Å². The Kier molecular flexibility index (Phi) is 6.99. The SMILES string of the molecule is O=C(Nc1ccc(C(=O)c2ccc3ncc(-c4ccc(N5CCNCC5)cc4)nc3c2)cc1)c1cccc(F)c1. The monoisotopic (exact) mass is 531 g/mol. The summed E-state index contributed by atoms with van der Waals surface area (Å²) in [4.78, 5) is 37.3.